The van der Waals surface area contributed by atoms with Crippen LogP contribution in [0.15, 0.2) is 33.8 Å². The molecule has 0 heterocycles. The second-order valence-corrected chi connectivity index (χ2v) is 5.29. The number of hydrogen-bond acceptors (Lipinski definition) is 2. The number of carbonyl (C=O) groups is 1. The van der Waals surface area contributed by atoms with E-state index in [0.29, 0.717) is 10.6 Å². The van der Waals surface area contributed by atoms with Crippen LogP contribution in [0.1, 0.15) is 38.3 Å². The van der Waals surface area contributed by atoms with Gasteiger partial charge >= 0.3 is 0 Å². The smallest absolute Gasteiger partial charge is 0.252 e. The monoisotopic (exact) mass is 292 g/mol. The summed E-state index contributed by atoms with van der Waals surface area (Å²) in [5.74, 6) is -0.177. The van der Waals surface area contributed by atoms with E-state index in [9.17, 15) is 4.79 Å². The van der Waals surface area contributed by atoms with E-state index < -0.39 is 0 Å². The van der Waals surface area contributed by atoms with E-state index in [4.69, 9.17) is 11.6 Å². The lowest BCUT2D eigenvalue weighted by atomic mass is 10.1. The molecule has 3 nitrogen and oxygen atoms in total. The fraction of sp³-hybridized carbons (Fsp3) is 0.375. The van der Waals surface area contributed by atoms with Gasteiger partial charge in [0, 0.05) is 29.1 Å². The first-order valence-corrected chi connectivity index (χ1v) is 7.08. The largest absolute Gasteiger partial charge is 0.322 e. The summed E-state index contributed by atoms with van der Waals surface area (Å²) >= 11 is 5.82. The van der Waals surface area contributed by atoms with Crippen molar-refractivity contribution in [2.24, 2.45) is 4.99 Å². The minimum absolute atomic E-state index is 0.177. The van der Waals surface area contributed by atoms with Crippen molar-refractivity contribution >= 4 is 29.4 Å². The van der Waals surface area contributed by atoms with Gasteiger partial charge in [0.1, 0.15) is 0 Å². The molecule has 0 atom stereocenters. The molecule has 108 valence electrons. The number of hydrogen-bond donors (Lipinski definition) is 1. The molecule has 0 radical (unpaired) electrons. The van der Waals surface area contributed by atoms with Crippen LogP contribution in [-0.2, 0) is 4.79 Å². The third-order valence-electron chi connectivity index (χ3n) is 2.97. The van der Waals surface area contributed by atoms with Crippen LogP contribution in [0.5, 0.6) is 0 Å². The van der Waals surface area contributed by atoms with Crippen molar-refractivity contribution in [2.75, 3.05) is 11.9 Å². The van der Waals surface area contributed by atoms with Gasteiger partial charge in [-0.1, -0.05) is 24.6 Å². The van der Waals surface area contributed by atoms with Gasteiger partial charge in [-0.2, -0.15) is 0 Å². The second kappa shape index (κ2) is 7.85. The van der Waals surface area contributed by atoms with E-state index >= 15 is 0 Å². The highest BCUT2D eigenvalue weighted by atomic mass is 35.5. The number of aliphatic imine (C=N–C) groups is 1. The third-order valence-corrected chi connectivity index (χ3v) is 3.25. The second-order valence-electron chi connectivity index (χ2n) is 4.72. The molecule has 0 bridgehead atoms. The number of nitrogens with one attached hydrogen (secondary N) is 1. The first-order valence-electron chi connectivity index (χ1n) is 6.70. The molecule has 0 unspecified atom stereocenters. The molecular weight excluding hydrogens is 272 g/mol. The van der Waals surface area contributed by atoms with Crippen molar-refractivity contribution in [3.05, 3.63) is 39.9 Å². The summed E-state index contributed by atoms with van der Waals surface area (Å²) in [6, 6.07) is 5.76. The third kappa shape index (κ3) is 4.82. The zero-order valence-electron chi connectivity index (χ0n) is 12.5. The number of nitrogens with zero attached hydrogens (tertiary/aromatic N) is 1. The summed E-state index contributed by atoms with van der Waals surface area (Å²) < 4.78 is 0. The number of carbonyl (C=O) groups excluding carboxylic acids is 1. The Morgan fingerprint density at radius 1 is 1.40 bits per heavy atom. The number of allylic oxidation sites excluding steroid dienone is 1. The Kier molecular flexibility index (Phi) is 6.46. The van der Waals surface area contributed by atoms with Gasteiger partial charge in [0.15, 0.2) is 0 Å². The molecule has 1 rings (SSSR count). The SMILES string of the molecule is CCCN=Cc1ccc(NC(=O)C(C)=C(C)Cl)cc1C. The molecule has 1 aromatic carbocycles. The van der Waals surface area contributed by atoms with Gasteiger partial charge in [-0.25, -0.2) is 0 Å². The number of rotatable bonds is 5. The normalized spacial score (nSPS) is 12.4. The van der Waals surface area contributed by atoms with Crippen LogP contribution in [-0.4, -0.2) is 18.7 Å². The number of halogens is 1. The Morgan fingerprint density at radius 3 is 2.65 bits per heavy atom. The minimum atomic E-state index is -0.177. The van der Waals surface area contributed by atoms with Gasteiger partial charge in [-0.3, -0.25) is 9.79 Å². The molecule has 0 aromatic heterocycles. The summed E-state index contributed by atoms with van der Waals surface area (Å²) in [4.78, 5) is 16.2. The fourth-order valence-electron chi connectivity index (χ4n) is 1.57. The molecule has 0 aliphatic carbocycles. The molecule has 0 aliphatic heterocycles. The van der Waals surface area contributed by atoms with Crippen LogP contribution in [0.4, 0.5) is 5.69 Å². The zero-order chi connectivity index (χ0) is 15.1. The van der Waals surface area contributed by atoms with Crippen molar-refractivity contribution in [3.8, 4) is 0 Å². The van der Waals surface area contributed by atoms with Crippen LogP contribution in [0.2, 0.25) is 0 Å². The fourth-order valence-corrected chi connectivity index (χ4v) is 1.66. The molecule has 20 heavy (non-hydrogen) atoms. The van der Waals surface area contributed by atoms with Crippen LogP contribution in [0, 0.1) is 6.92 Å². The molecular formula is C16H21ClN2O. The maximum atomic E-state index is 11.9. The Bertz CT molecular complexity index is 543. The highest BCUT2D eigenvalue weighted by Gasteiger charge is 2.07. The van der Waals surface area contributed by atoms with Gasteiger partial charge in [0.05, 0.1) is 0 Å². The predicted octanol–water partition coefficient (Wildman–Crippen LogP) is 4.30. The Labute approximate surface area is 125 Å². The molecule has 0 saturated carbocycles. The highest BCUT2D eigenvalue weighted by Crippen LogP contribution is 2.16. The lowest BCUT2D eigenvalue weighted by Gasteiger charge is -2.08. The van der Waals surface area contributed by atoms with Gasteiger partial charge in [0.2, 0.25) is 0 Å². The lowest BCUT2D eigenvalue weighted by molar-refractivity contribution is -0.112. The van der Waals surface area contributed by atoms with Crippen molar-refractivity contribution in [2.45, 2.75) is 34.1 Å². The first-order chi connectivity index (χ1) is 9.45. The van der Waals surface area contributed by atoms with Gasteiger partial charge < -0.3 is 5.32 Å². The summed E-state index contributed by atoms with van der Waals surface area (Å²) in [6.45, 7) is 8.33. The molecule has 0 fully saturated rings. The standard InChI is InChI=1S/C16H21ClN2O/c1-5-8-18-10-14-6-7-15(9-11(14)2)19-16(20)12(3)13(4)17/h6-7,9-10H,5,8H2,1-4H3,(H,19,20). The van der Waals surface area contributed by atoms with Crippen molar-refractivity contribution in [1.29, 1.82) is 0 Å². The van der Waals surface area contributed by atoms with Gasteiger partial charge in [-0.15, -0.1) is 0 Å². The Balaban J connectivity index is 2.83. The zero-order valence-corrected chi connectivity index (χ0v) is 13.2. The molecule has 1 N–H and O–H groups in total. The van der Waals surface area contributed by atoms with E-state index in [1.807, 2.05) is 31.3 Å². The number of benzene rings is 1. The lowest BCUT2D eigenvalue weighted by Crippen LogP contribution is -2.13. The Morgan fingerprint density at radius 2 is 2.10 bits per heavy atom. The minimum Gasteiger partial charge on any atom is -0.322 e. The summed E-state index contributed by atoms with van der Waals surface area (Å²) in [6.07, 6.45) is 2.91. The number of aryl methyl sites for hydroxylation is 1. The van der Waals surface area contributed by atoms with E-state index in [0.717, 1.165) is 29.8 Å². The van der Waals surface area contributed by atoms with Crippen molar-refractivity contribution in [1.82, 2.24) is 0 Å². The molecule has 0 spiro atoms. The van der Waals surface area contributed by atoms with Crippen LogP contribution in [0.3, 0.4) is 0 Å². The van der Waals surface area contributed by atoms with Crippen LogP contribution < -0.4 is 5.32 Å². The Hall–Kier alpha value is -1.61. The molecule has 4 heteroatoms. The summed E-state index contributed by atoms with van der Waals surface area (Å²) in [7, 11) is 0. The summed E-state index contributed by atoms with van der Waals surface area (Å²) in [5, 5.41) is 3.33. The average molecular weight is 293 g/mol. The number of anilines is 1. The van der Waals surface area contributed by atoms with E-state index in [-0.39, 0.29) is 5.91 Å². The first kappa shape index (κ1) is 16.4. The maximum Gasteiger partial charge on any atom is 0.252 e. The topological polar surface area (TPSA) is 41.5 Å². The van der Waals surface area contributed by atoms with Crippen LogP contribution >= 0.6 is 11.6 Å². The average Bonchev–Trinajstić information content (AvgIpc) is 2.40. The van der Waals surface area contributed by atoms with E-state index in [1.54, 1.807) is 13.8 Å². The van der Waals surface area contributed by atoms with Crippen LogP contribution in [0.25, 0.3) is 0 Å². The molecule has 0 saturated heterocycles. The molecule has 1 amide bonds. The highest BCUT2D eigenvalue weighted by molar-refractivity contribution is 6.32. The molecule has 0 aliphatic rings. The summed E-state index contributed by atoms with van der Waals surface area (Å²) in [5.41, 5.74) is 3.43. The van der Waals surface area contributed by atoms with E-state index in [1.165, 1.54) is 0 Å². The number of amides is 1. The van der Waals surface area contributed by atoms with Crippen molar-refractivity contribution < 1.29 is 4.79 Å². The van der Waals surface area contributed by atoms with Gasteiger partial charge in [-0.05, 0) is 50.5 Å². The molecule has 1 aromatic rings. The predicted molar refractivity (Wildman–Crippen MR) is 86.8 cm³/mol. The van der Waals surface area contributed by atoms with E-state index in [2.05, 4.69) is 17.2 Å². The van der Waals surface area contributed by atoms with Crippen molar-refractivity contribution in [3.63, 3.8) is 0 Å². The van der Waals surface area contributed by atoms with Gasteiger partial charge in [0.25, 0.3) is 5.91 Å². The maximum absolute atomic E-state index is 11.9. The quantitative estimate of drug-likeness (QED) is 0.638.